The Morgan fingerprint density at radius 3 is 2.48 bits per heavy atom. The normalized spacial score (nSPS) is 21.8. The van der Waals surface area contributed by atoms with Crippen LogP contribution in [-0.2, 0) is 22.4 Å². The fourth-order valence-electron chi connectivity index (χ4n) is 3.56. The number of aromatic nitrogens is 1. The van der Waals surface area contributed by atoms with E-state index in [9.17, 15) is 9.59 Å². The molecule has 1 saturated carbocycles. The highest BCUT2D eigenvalue weighted by Crippen LogP contribution is 2.33. The molecule has 2 fully saturated rings. The standard InChI is InChI=1S/C17H23N3O2S/c21-15(19-17-18-13-3-1-2-4-14(13)23-17)11-7-9-20(10-8-11)16(22)12-5-6-12/h11-12H,1-10H2,(H,18,19,21). The van der Waals surface area contributed by atoms with Crippen molar-refractivity contribution in [2.75, 3.05) is 18.4 Å². The first-order chi connectivity index (χ1) is 11.2. The van der Waals surface area contributed by atoms with Gasteiger partial charge in [0.05, 0.1) is 5.69 Å². The molecule has 2 aliphatic carbocycles. The molecule has 1 aromatic heterocycles. The van der Waals surface area contributed by atoms with E-state index in [-0.39, 0.29) is 17.7 Å². The Morgan fingerprint density at radius 1 is 1.04 bits per heavy atom. The van der Waals surface area contributed by atoms with Gasteiger partial charge in [-0.2, -0.15) is 0 Å². The lowest BCUT2D eigenvalue weighted by Gasteiger charge is -2.31. The molecule has 1 N–H and O–H groups in total. The van der Waals surface area contributed by atoms with E-state index in [4.69, 9.17) is 0 Å². The van der Waals surface area contributed by atoms with Gasteiger partial charge >= 0.3 is 0 Å². The predicted molar refractivity (Wildman–Crippen MR) is 89.4 cm³/mol. The summed E-state index contributed by atoms with van der Waals surface area (Å²) in [6.07, 6.45) is 8.23. The van der Waals surface area contributed by atoms with Gasteiger partial charge in [0.15, 0.2) is 5.13 Å². The Labute approximate surface area is 140 Å². The van der Waals surface area contributed by atoms with Crippen molar-refractivity contribution in [3.05, 3.63) is 10.6 Å². The molecule has 2 heterocycles. The lowest BCUT2D eigenvalue weighted by atomic mass is 9.95. The number of amides is 2. The van der Waals surface area contributed by atoms with Crippen LogP contribution >= 0.6 is 11.3 Å². The molecule has 1 aliphatic heterocycles. The van der Waals surface area contributed by atoms with Crippen molar-refractivity contribution in [1.82, 2.24) is 9.88 Å². The van der Waals surface area contributed by atoms with Gasteiger partial charge in [0.1, 0.15) is 0 Å². The van der Waals surface area contributed by atoms with E-state index >= 15 is 0 Å². The summed E-state index contributed by atoms with van der Waals surface area (Å²) in [5.74, 6) is 0.673. The van der Waals surface area contributed by atoms with Gasteiger partial charge in [-0.25, -0.2) is 4.98 Å². The third-order valence-electron chi connectivity index (χ3n) is 5.18. The Hall–Kier alpha value is -1.43. The van der Waals surface area contributed by atoms with Crippen LogP contribution in [0.3, 0.4) is 0 Å². The van der Waals surface area contributed by atoms with Gasteiger partial charge in [0, 0.05) is 29.8 Å². The third-order valence-corrected chi connectivity index (χ3v) is 6.25. The summed E-state index contributed by atoms with van der Waals surface area (Å²) < 4.78 is 0. The highest BCUT2D eigenvalue weighted by Gasteiger charge is 2.36. The van der Waals surface area contributed by atoms with Crippen molar-refractivity contribution in [3.8, 4) is 0 Å². The minimum Gasteiger partial charge on any atom is -0.342 e. The molecule has 0 spiro atoms. The molecule has 0 bridgehead atoms. The lowest BCUT2D eigenvalue weighted by Crippen LogP contribution is -2.42. The number of carbonyl (C=O) groups is 2. The molecule has 4 rings (SSSR count). The third kappa shape index (κ3) is 3.27. The molecule has 0 unspecified atom stereocenters. The van der Waals surface area contributed by atoms with Crippen molar-refractivity contribution < 1.29 is 9.59 Å². The molecule has 3 aliphatic rings. The largest absolute Gasteiger partial charge is 0.342 e. The molecule has 1 aromatic rings. The van der Waals surface area contributed by atoms with Crippen molar-refractivity contribution in [3.63, 3.8) is 0 Å². The quantitative estimate of drug-likeness (QED) is 0.925. The second-order valence-corrected chi connectivity index (χ2v) is 8.04. The number of likely N-dealkylation sites (tertiary alicyclic amines) is 1. The number of hydrogen-bond acceptors (Lipinski definition) is 4. The molecule has 0 radical (unpaired) electrons. The van der Waals surface area contributed by atoms with E-state index < -0.39 is 0 Å². The number of thiazole rings is 1. The summed E-state index contributed by atoms with van der Waals surface area (Å²) in [4.78, 5) is 32.4. The van der Waals surface area contributed by atoms with Gasteiger partial charge in [-0.1, -0.05) is 0 Å². The fraction of sp³-hybridized carbons (Fsp3) is 0.706. The molecule has 1 saturated heterocycles. The summed E-state index contributed by atoms with van der Waals surface area (Å²) in [5.41, 5.74) is 1.18. The zero-order valence-electron chi connectivity index (χ0n) is 13.3. The monoisotopic (exact) mass is 333 g/mol. The molecular formula is C17H23N3O2S. The van der Waals surface area contributed by atoms with E-state index in [1.54, 1.807) is 11.3 Å². The Balaban J connectivity index is 1.31. The molecule has 23 heavy (non-hydrogen) atoms. The summed E-state index contributed by atoms with van der Waals surface area (Å²) in [6, 6.07) is 0. The molecule has 0 aromatic carbocycles. The van der Waals surface area contributed by atoms with E-state index in [0.717, 1.165) is 56.7 Å². The molecular weight excluding hydrogens is 310 g/mol. The molecule has 0 atom stereocenters. The Morgan fingerprint density at radius 2 is 1.78 bits per heavy atom. The molecule has 124 valence electrons. The second-order valence-electron chi connectivity index (χ2n) is 6.96. The fourth-order valence-corrected chi connectivity index (χ4v) is 4.62. The van der Waals surface area contributed by atoms with Gasteiger partial charge in [0.25, 0.3) is 0 Å². The predicted octanol–water partition coefficient (Wildman–Crippen LogP) is 2.61. The first-order valence-electron chi connectivity index (χ1n) is 8.79. The van der Waals surface area contributed by atoms with Gasteiger partial charge < -0.3 is 10.2 Å². The van der Waals surface area contributed by atoms with Crippen LogP contribution in [0.25, 0.3) is 0 Å². The number of hydrogen-bond donors (Lipinski definition) is 1. The van der Waals surface area contributed by atoms with Crippen LogP contribution in [-0.4, -0.2) is 34.8 Å². The average molecular weight is 333 g/mol. The number of piperidine rings is 1. The van der Waals surface area contributed by atoms with E-state index in [1.807, 2.05) is 4.90 Å². The van der Waals surface area contributed by atoms with Gasteiger partial charge in [-0.05, 0) is 51.4 Å². The number of fused-ring (bicyclic) bond motifs is 1. The number of carbonyl (C=O) groups excluding carboxylic acids is 2. The van der Waals surface area contributed by atoms with Crippen LogP contribution in [0.1, 0.15) is 49.1 Å². The number of rotatable bonds is 3. The van der Waals surface area contributed by atoms with E-state index in [0.29, 0.717) is 5.91 Å². The Kier molecular flexibility index (Phi) is 4.09. The van der Waals surface area contributed by atoms with E-state index in [1.165, 1.54) is 23.4 Å². The second kappa shape index (κ2) is 6.23. The highest BCUT2D eigenvalue weighted by atomic mass is 32.1. The van der Waals surface area contributed by atoms with Crippen molar-refractivity contribution >= 4 is 28.3 Å². The summed E-state index contributed by atoms with van der Waals surface area (Å²) >= 11 is 1.64. The van der Waals surface area contributed by atoms with Crippen molar-refractivity contribution in [1.29, 1.82) is 0 Å². The van der Waals surface area contributed by atoms with Crippen LogP contribution in [0.2, 0.25) is 0 Å². The number of anilines is 1. The smallest absolute Gasteiger partial charge is 0.229 e. The summed E-state index contributed by atoms with van der Waals surface area (Å²) in [6.45, 7) is 1.45. The Bertz CT molecular complexity index is 592. The maximum atomic E-state index is 12.5. The molecule has 2 amide bonds. The maximum Gasteiger partial charge on any atom is 0.229 e. The first-order valence-corrected chi connectivity index (χ1v) is 9.60. The minimum atomic E-state index is 0.0131. The zero-order chi connectivity index (χ0) is 15.8. The van der Waals surface area contributed by atoms with Crippen LogP contribution in [0.4, 0.5) is 5.13 Å². The SMILES string of the molecule is O=C(Nc1nc2c(s1)CCCC2)C1CCN(C(=O)C2CC2)CC1. The topological polar surface area (TPSA) is 62.3 Å². The summed E-state index contributed by atoms with van der Waals surface area (Å²) in [5, 5.41) is 3.78. The number of aryl methyl sites for hydroxylation is 2. The summed E-state index contributed by atoms with van der Waals surface area (Å²) in [7, 11) is 0. The average Bonchev–Trinajstić information content (AvgIpc) is 3.34. The van der Waals surface area contributed by atoms with Crippen LogP contribution < -0.4 is 5.32 Å². The first kappa shape index (κ1) is 15.1. The lowest BCUT2D eigenvalue weighted by molar-refractivity contribution is -0.135. The van der Waals surface area contributed by atoms with Crippen LogP contribution in [0.15, 0.2) is 0 Å². The van der Waals surface area contributed by atoms with Crippen LogP contribution in [0, 0.1) is 11.8 Å². The van der Waals surface area contributed by atoms with Gasteiger partial charge in [-0.15, -0.1) is 11.3 Å². The molecule has 5 nitrogen and oxygen atoms in total. The van der Waals surface area contributed by atoms with E-state index in [2.05, 4.69) is 10.3 Å². The minimum absolute atomic E-state index is 0.0131. The maximum absolute atomic E-state index is 12.5. The van der Waals surface area contributed by atoms with Crippen molar-refractivity contribution in [2.45, 2.75) is 51.4 Å². The van der Waals surface area contributed by atoms with Gasteiger partial charge in [0.2, 0.25) is 11.8 Å². The number of nitrogens with one attached hydrogen (secondary N) is 1. The molecule has 6 heteroatoms. The van der Waals surface area contributed by atoms with Gasteiger partial charge in [-0.3, -0.25) is 9.59 Å². The van der Waals surface area contributed by atoms with Crippen molar-refractivity contribution in [2.24, 2.45) is 11.8 Å². The van der Waals surface area contributed by atoms with Crippen LogP contribution in [0.5, 0.6) is 0 Å². The number of nitrogens with zero attached hydrogens (tertiary/aromatic N) is 2. The highest BCUT2D eigenvalue weighted by molar-refractivity contribution is 7.15. The zero-order valence-corrected chi connectivity index (χ0v) is 14.2.